The minimum atomic E-state index is -4.87. The summed E-state index contributed by atoms with van der Waals surface area (Å²) in [5.41, 5.74) is -3.70. The van der Waals surface area contributed by atoms with E-state index in [1.165, 1.54) is 18.2 Å². The Morgan fingerprint density at radius 2 is 1.86 bits per heavy atom. The zero-order valence-electron chi connectivity index (χ0n) is 15.3. The summed E-state index contributed by atoms with van der Waals surface area (Å²) in [4.78, 5) is 37.0. The van der Waals surface area contributed by atoms with Crippen LogP contribution in [0.1, 0.15) is 19.5 Å². The van der Waals surface area contributed by atoms with Crippen molar-refractivity contribution in [3.63, 3.8) is 0 Å². The lowest BCUT2D eigenvalue weighted by molar-refractivity contribution is -0.144. The first-order chi connectivity index (χ1) is 13.4. The standard InChI is InChI=1S/C17H14ClF3N4O4/c1-8(2)29-16(28)25-11-6-9(4-5-10(11)14(18)22-25)24-13(26)7-12(17(19,20)21)23(3)15(24)27/h4-8H,1-3H3. The fraction of sp³-hybridized carbons (Fsp3) is 0.294. The number of nitrogens with zero attached hydrogens (tertiary/aromatic N) is 4. The Labute approximate surface area is 165 Å². The van der Waals surface area contributed by atoms with E-state index in [1.54, 1.807) is 13.8 Å². The number of fused-ring (bicyclic) bond motifs is 1. The number of hydrogen-bond donors (Lipinski definition) is 0. The first-order valence-corrected chi connectivity index (χ1v) is 8.59. The maximum Gasteiger partial charge on any atom is 0.435 e. The lowest BCUT2D eigenvalue weighted by Gasteiger charge is -2.14. The van der Waals surface area contributed by atoms with Crippen LogP contribution >= 0.6 is 11.6 Å². The van der Waals surface area contributed by atoms with Gasteiger partial charge in [0.2, 0.25) is 0 Å². The van der Waals surface area contributed by atoms with Crippen LogP contribution in [0.25, 0.3) is 16.6 Å². The Balaban J connectivity index is 2.25. The number of ether oxygens (including phenoxy) is 1. The molecule has 3 rings (SSSR count). The second kappa shape index (κ2) is 7.07. The van der Waals surface area contributed by atoms with Gasteiger partial charge in [-0.05, 0) is 32.0 Å². The molecule has 1 aromatic carbocycles. The van der Waals surface area contributed by atoms with Gasteiger partial charge in [0.25, 0.3) is 5.56 Å². The van der Waals surface area contributed by atoms with Crippen molar-refractivity contribution in [1.82, 2.24) is 18.9 Å². The molecule has 0 fully saturated rings. The first-order valence-electron chi connectivity index (χ1n) is 8.21. The molecule has 2 heterocycles. The van der Waals surface area contributed by atoms with E-state index < -0.39 is 35.3 Å². The predicted octanol–water partition coefficient (Wildman–Crippen LogP) is 2.95. The number of aromatic nitrogens is 4. The number of alkyl halides is 3. The number of carbonyl (C=O) groups excluding carboxylic acids is 1. The molecule has 0 unspecified atom stereocenters. The molecule has 0 aliphatic heterocycles. The first kappa shape index (κ1) is 20.6. The van der Waals surface area contributed by atoms with E-state index in [4.69, 9.17) is 16.3 Å². The van der Waals surface area contributed by atoms with E-state index in [0.717, 1.165) is 11.7 Å². The van der Waals surface area contributed by atoms with E-state index >= 15 is 0 Å². The zero-order chi connectivity index (χ0) is 21.7. The van der Waals surface area contributed by atoms with Crippen molar-refractivity contribution < 1.29 is 22.7 Å². The van der Waals surface area contributed by atoms with Crippen molar-refractivity contribution in [3.8, 4) is 5.69 Å². The average Bonchev–Trinajstić information content (AvgIpc) is 2.93. The predicted molar refractivity (Wildman–Crippen MR) is 97.6 cm³/mol. The molecule has 0 bridgehead atoms. The van der Waals surface area contributed by atoms with Gasteiger partial charge in [0, 0.05) is 18.5 Å². The lowest BCUT2D eigenvalue weighted by atomic mass is 10.2. The third kappa shape index (κ3) is 3.65. The van der Waals surface area contributed by atoms with E-state index in [1.807, 2.05) is 0 Å². The van der Waals surface area contributed by atoms with Gasteiger partial charge in [-0.1, -0.05) is 11.6 Å². The third-order valence-electron chi connectivity index (χ3n) is 4.00. The van der Waals surface area contributed by atoms with Gasteiger partial charge < -0.3 is 4.74 Å². The topological polar surface area (TPSA) is 88.1 Å². The summed E-state index contributed by atoms with van der Waals surface area (Å²) in [5, 5.41) is 4.17. The minimum absolute atomic E-state index is 0.0278. The second-order valence-electron chi connectivity index (χ2n) is 6.38. The van der Waals surface area contributed by atoms with Crippen LogP contribution < -0.4 is 11.2 Å². The molecule has 0 N–H and O–H groups in total. The molecule has 0 aliphatic rings. The van der Waals surface area contributed by atoms with Crippen molar-refractivity contribution in [3.05, 3.63) is 56.0 Å². The molecule has 0 amide bonds. The Hall–Kier alpha value is -3.08. The van der Waals surface area contributed by atoms with Gasteiger partial charge in [-0.2, -0.15) is 17.9 Å². The molecule has 2 aromatic heterocycles. The van der Waals surface area contributed by atoms with Gasteiger partial charge in [0.1, 0.15) is 5.69 Å². The molecular formula is C17H14ClF3N4O4. The van der Waals surface area contributed by atoms with Crippen LogP contribution in [0.3, 0.4) is 0 Å². The molecule has 0 saturated carbocycles. The molecule has 0 atom stereocenters. The van der Waals surface area contributed by atoms with Crippen LogP contribution in [0.15, 0.2) is 33.9 Å². The van der Waals surface area contributed by atoms with Crippen molar-refractivity contribution in [1.29, 1.82) is 0 Å². The van der Waals surface area contributed by atoms with Gasteiger partial charge in [-0.3, -0.25) is 9.36 Å². The van der Waals surface area contributed by atoms with Gasteiger partial charge >= 0.3 is 18.0 Å². The van der Waals surface area contributed by atoms with Crippen molar-refractivity contribution in [2.24, 2.45) is 7.05 Å². The Morgan fingerprint density at radius 3 is 2.45 bits per heavy atom. The van der Waals surface area contributed by atoms with E-state index in [0.29, 0.717) is 20.6 Å². The maximum absolute atomic E-state index is 13.0. The van der Waals surface area contributed by atoms with Crippen molar-refractivity contribution in [2.75, 3.05) is 0 Å². The quantitative estimate of drug-likeness (QED) is 0.623. The van der Waals surface area contributed by atoms with Crippen LogP contribution in [0, 0.1) is 0 Å². The molecule has 154 valence electrons. The minimum Gasteiger partial charge on any atom is -0.445 e. The van der Waals surface area contributed by atoms with Crippen molar-refractivity contribution >= 4 is 28.6 Å². The maximum atomic E-state index is 13.0. The largest absolute Gasteiger partial charge is 0.445 e. The summed E-state index contributed by atoms with van der Waals surface area (Å²) in [5.74, 6) is 0. The zero-order valence-corrected chi connectivity index (χ0v) is 16.1. The molecule has 29 heavy (non-hydrogen) atoms. The normalized spacial score (nSPS) is 12.0. The second-order valence-corrected chi connectivity index (χ2v) is 6.74. The molecule has 0 saturated heterocycles. The number of halogens is 4. The fourth-order valence-electron chi connectivity index (χ4n) is 2.73. The third-order valence-corrected chi connectivity index (χ3v) is 4.28. The SMILES string of the molecule is CC(C)OC(=O)n1nc(Cl)c2ccc(-n3c(=O)cc(C(F)(F)F)n(C)c3=O)cc21. The number of carbonyl (C=O) groups is 1. The summed E-state index contributed by atoms with van der Waals surface area (Å²) in [6.07, 6.45) is -6.17. The fourth-order valence-corrected chi connectivity index (χ4v) is 2.97. The number of hydrogen-bond acceptors (Lipinski definition) is 5. The van der Waals surface area contributed by atoms with Gasteiger partial charge in [-0.25, -0.2) is 14.2 Å². The van der Waals surface area contributed by atoms with E-state index in [2.05, 4.69) is 5.10 Å². The van der Waals surface area contributed by atoms with Crippen LogP contribution in [0.5, 0.6) is 0 Å². The van der Waals surface area contributed by atoms with Crippen LogP contribution in [-0.4, -0.2) is 31.1 Å². The molecule has 8 nitrogen and oxygen atoms in total. The molecule has 0 radical (unpaired) electrons. The summed E-state index contributed by atoms with van der Waals surface area (Å²) in [6.45, 7) is 3.25. The van der Waals surface area contributed by atoms with E-state index in [9.17, 15) is 27.6 Å². The van der Waals surface area contributed by atoms with Crippen LogP contribution in [-0.2, 0) is 18.0 Å². The highest BCUT2D eigenvalue weighted by atomic mass is 35.5. The summed E-state index contributed by atoms with van der Waals surface area (Å²) < 4.78 is 45.8. The summed E-state index contributed by atoms with van der Waals surface area (Å²) in [7, 11) is 0.904. The van der Waals surface area contributed by atoms with Crippen molar-refractivity contribution in [2.45, 2.75) is 26.1 Å². The monoisotopic (exact) mass is 430 g/mol. The van der Waals surface area contributed by atoms with Crippen LogP contribution in [0.2, 0.25) is 5.15 Å². The number of benzene rings is 1. The Bertz CT molecular complexity index is 1240. The summed E-state index contributed by atoms with van der Waals surface area (Å²) in [6, 6.07) is 4.27. The highest BCUT2D eigenvalue weighted by Crippen LogP contribution is 2.28. The van der Waals surface area contributed by atoms with Gasteiger partial charge in [-0.15, -0.1) is 5.10 Å². The highest BCUT2D eigenvalue weighted by molar-refractivity contribution is 6.34. The molecule has 3 aromatic rings. The van der Waals surface area contributed by atoms with E-state index in [-0.39, 0.29) is 16.4 Å². The molecule has 0 aliphatic carbocycles. The summed E-state index contributed by atoms with van der Waals surface area (Å²) >= 11 is 6.02. The van der Waals surface area contributed by atoms with Gasteiger partial charge in [0.05, 0.1) is 17.3 Å². The van der Waals surface area contributed by atoms with Gasteiger partial charge in [0.15, 0.2) is 5.15 Å². The molecular weight excluding hydrogens is 417 g/mol. The molecule has 12 heteroatoms. The Kier molecular flexibility index (Phi) is 5.03. The smallest absolute Gasteiger partial charge is 0.435 e. The highest BCUT2D eigenvalue weighted by Gasteiger charge is 2.35. The lowest BCUT2D eigenvalue weighted by Crippen LogP contribution is -2.40. The van der Waals surface area contributed by atoms with Crippen LogP contribution in [0.4, 0.5) is 18.0 Å². The Morgan fingerprint density at radius 1 is 1.21 bits per heavy atom. The average molecular weight is 431 g/mol. The number of rotatable bonds is 2. The molecule has 0 spiro atoms.